The fourth-order valence-corrected chi connectivity index (χ4v) is 6.66. The highest BCUT2D eigenvalue weighted by atomic mass is 16.6. The zero-order valence-electron chi connectivity index (χ0n) is 19.1. The van der Waals surface area contributed by atoms with Gasteiger partial charge in [-0.05, 0) is 38.1 Å². The Morgan fingerprint density at radius 3 is 2.79 bits per heavy atom. The number of nitrogens with zero attached hydrogens (tertiary/aromatic N) is 2. The molecule has 8 heteroatoms. The number of likely N-dealkylation sites (N-methyl/N-ethyl adjacent to an activating group) is 1. The average molecular weight is 455 g/mol. The van der Waals surface area contributed by atoms with E-state index >= 15 is 0 Å². The zero-order valence-corrected chi connectivity index (χ0v) is 19.1. The molecule has 6 rings (SSSR count). The maximum absolute atomic E-state index is 12.7. The minimum absolute atomic E-state index is 0.0128. The Hall–Kier alpha value is -2.42. The van der Waals surface area contributed by atoms with Crippen molar-refractivity contribution in [3.63, 3.8) is 0 Å². The third kappa shape index (κ3) is 3.15. The van der Waals surface area contributed by atoms with Crippen molar-refractivity contribution in [2.24, 2.45) is 5.92 Å². The lowest BCUT2D eigenvalue weighted by molar-refractivity contribution is -0.145. The molecule has 5 aliphatic rings. The first-order valence-corrected chi connectivity index (χ1v) is 11.9. The van der Waals surface area contributed by atoms with Crippen LogP contribution in [0.5, 0.6) is 11.5 Å². The van der Waals surface area contributed by atoms with E-state index in [-0.39, 0.29) is 42.0 Å². The fraction of sp³-hybridized carbons (Fsp3) is 0.600. The van der Waals surface area contributed by atoms with Crippen LogP contribution in [0, 0.1) is 5.92 Å². The Bertz CT molecular complexity index is 1020. The van der Waals surface area contributed by atoms with Gasteiger partial charge in [0.05, 0.1) is 13.2 Å². The van der Waals surface area contributed by atoms with Crippen LogP contribution in [-0.4, -0.2) is 86.4 Å². The Labute approximate surface area is 193 Å². The predicted molar refractivity (Wildman–Crippen MR) is 118 cm³/mol. The summed E-state index contributed by atoms with van der Waals surface area (Å²) in [7, 11) is 2.19. The molecule has 0 aromatic heterocycles. The maximum atomic E-state index is 12.7. The van der Waals surface area contributed by atoms with Crippen LogP contribution >= 0.6 is 0 Å². The van der Waals surface area contributed by atoms with Crippen molar-refractivity contribution in [3.05, 3.63) is 35.4 Å². The van der Waals surface area contributed by atoms with E-state index in [1.807, 2.05) is 6.07 Å². The minimum atomic E-state index is -0.363. The van der Waals surface area contributed by atoms with Crippen molar-refractivity contribution in [2.75, 3.05) is 46.5 Å². The molecule has 0 N–H and O–H groups in total. The summed E-state index contributed by atoms with van der Waals surface area (Å²) in [6.45, 7) is 4.72. The maximum Gasteiger partial charge on any atom is 0.308 e. The van der Waals surface area contributed by atoms with Crippen LogP contribution in [0.3, 0.4) is 0 Å². The molecule has 2 saturated heterocycles. The zero-order chi connectivity index (χ0) is 22.7. The van der Waals surface area contributed by atoms with E-state index in [1.165, 1.54) is 18.1 Å². The van der Waals surface area contributed by atoms with Gasteiger partial charge in [-0.25, -0.2) is 0 Å². The SMILES string of the molecule is CC(=O)Oc1ccc2c3c1O[C@H]1[C@@H](OCC(=O)N4CCOCC4)C=C[C@H]4[C@@H](C2)N(C)CC[C@@]341. The third-order valence-corrected chi connectivity index (χ3v) is 8.13. The number of benzene rings is 1. The van der Waals surface area contributed by atoms with E-state index in [0.717, 1.165) is 19.4 Å². The van der Waals surface area contributed by atoms with Crippen molar-refractivity contribution < 1.29 is 28.5 Å². The molecule has 8 nitrogen and oxygen atoms in total. The van der Waals surface area contributed by atoms with Gasteiger partial charge in [0.25, 0.3) is 0 Å². The molecule has 1 aromatic rings. The van der Waals surface area contributed by atoms with Crippen LogP contribution in [0.25, 0.3) is 0 Å². The molecule has 2 fully saturated rings. The number of esters is 1. The molecule has 0 saturated carbocycles. The highest BCUT2D eigenvalue weighted by Crippen LogP contribution is 2.62. The number of hydrogen-bond donors (Lipinski definition) is 0. The van der Waals surface area contributed by atoms with Gasteiger partial charge in [0.15, 0.2) is 11.5 Å². The average Bonchev–Trinajstić information content (AvgIpc) is 3.17. The first-order valence-electron chi connectivity index (χ1n) is 11.9. The second-order valence-corrected chi connectivity index (χ2v) is 9.78. The Kier molecular flexibility index (Phi) is 5.01. The molecule has 176 valence electrons. The molecule has 1 aromatic carbocycles. The van der Waals surface area contributed by atoms with Crippen LogP contribution in [0.4, 0.5) is 0 Å². The van der Waals surface area contributed by atoms with Gasteiger partial charge in [0.2, 0.25) is 5.91 Å². The molecule has 33 heavy (non-hydrogen) atoms. The molecular weight excluding hydrogens is 424 g/mol. The first kappa shape index (κ1) is 21.1. The normalized spacial score (nSPS) is 33.9. The van der Waals surface area contributed by atoms with Crippen molar-refractivity contribution in [3.8, 4) is 11.5 Å². The minimum Gasteiger partial charge on any atom is -0.482 e. The highest BCUT2D eigenvalue weighted by molar-refractivity contribution is 5.77. The molecule has 2 bridgehead atoms. The first-order chi connectivity index (χ1) is 16.0. The summed E-state index contributed by atoms with van der Waals surface area (Å²) in [6, 6.07) is 4.32. The lowest BCUT2D eigenvalue weighted by Gasteiger charge is -2.56. The monoisotopic (exact) mass is 454 g/mol. The quantitative estimate of drug-likeness (QED) is 0.386. The van der Waals surface area contributed by atoms with Gasteiger partial charge < -0.3 is 28.7 Å². The topological polar surface area (TPSA) is 77.5 Å². The van der Waals surface area contributed by atoms with Gasteiger partial charge in [0.1, 0.15) is 18.8 Å². The van der Waals surface area contributed by atoms with E-state index in [0.29, 0.717) is 43.8 Å². The van der Waals surface area contributed by atoms with Crippen LogP contribution in [0.1, 0.15) is 24.5 Å². The summed E-state index contributed by atoms with van der Waals surface area (Å²) in [5.74, 6) is 1.06. The van der Waals surface area contributed by atoms with Crippen LogP contribution in [0.2, 0.25) is 0 Å². The molecule has 1 amide bonds. The van der Waals surface area contributed by atoms with E-state index in [2.05, 4.69) is 30.2 Å². The van der Waals surface area contributed by atoms with Crippen molar-refractivity contribution >= 4 is 11.9 Å². The number of ether oxygens (including phenoxy) is 4. The molecular formula is C25H30N2O6. The highest BCUT2D eigenvalue weighted by Gasteiger charge is 2.64. The third-order valence-electron chi connectivity index (χ3n) is 8.13. The van der Waals surface area contributed by atoms with Gasteiger partial charge >= 0.3 is 5.97 Å². The van der Waals surface area contributed by atoms with Gasteiger partial charge in [-0.15, -0.1) is 0 Å². The van der Waals surface area contributed by atoms with E-state index in [4.69, 9.17) is 18.9 Å². The second kappa shape index (κ2) is 7.82. The molecule has 0 unspecified atom stereocenters. The molecule has 5 atom stereocenters. The lowest BCUT2D eigenvalue weighted by Crippen LogP contribution is -2.65. The number of rotatable bonds is 4. The lowest BCUT2D eigenvalue weighted by atomic mass is 9.53. The Balaban J connectivity index is 1.34. The van der Waals surface area contributed by atoms with E-state index < -0.39 is 0 Å². The number of likely N-dealkylation sites (tertiary alicyclic amines) is 1. The summed E-state index contributed by atoms with van der Waals surface area (Å²) >= 11 is 0. The van der Waals surface area contributed by atoms with Crippen LogP contribution < -0.4 is 9.47 Å². The number of morpholine rings is 1. The van der Waals surface area contributed by atoms with Crippen molar-refractivity contribution in [1.82, 2.24) is 9.80 Å². The van der Waals surface area contributed by atoms with E-state index in [9.17, 15) is 9.59 Å². The van der Waals surface area contributed by atoms with Crippen molar-refractivity contribution in [2.45, 2.75) is 43.4 Å². The fourth-order valence-electron chi connectivity index (χ4n) is 6.66. The van der Waals surface area contributed by atoms with Gasteiger partial charge in [-0.2, -0.15) is 0 Å². The van der Waals surface area contributed by atoms with E-state index in [1.54, 1.807) is 4.90 Å². The van der Waals surface area contributed by atoms with Gasteiger partial charge in [-0.3, -0.25) is 9.59 Å². The van der Waals surface area contributed by atoms with Crippen LogP contribution in [-0.2, 0) is 30.9 Å². The number of hydrogen-bond acceptors (Lipinski definition) is 7. The standard InChI is InChI=1S/C25H30N2O6/c1-15(28)32-19-5-3-16-13-18-17-4-6-20(31-14-21(29)27-9-11-30-12-10-27)24-25(17,7-8-26(18)2)22(16)23(19)33-24/h3-6,17-18,20,24H,7-14H2,1-2H3/t17-,18+,20-,24-,25-/m0/s1. The molecule has 0 radical (unpaired) electrons. The Morgan fingerprint density at radius 1 is 1.18 bits per heavy atom. The molecule has 3 aliphatic heterocycles. The molecule has 1 spiro atoms. The summed E-state index contributed by atoms with van der Waals surface area (Å²) in [6.07, 6.45) is 5.62. The van der Waals surface area contributed by atoms with Crippen LogP contribution in [0.15, 0.2) is 24.3 Å². The molecule has 2 aliphatic carbocycles. The summed E-state index contributed by atoms with van der Waals surface area (Å²) < 4.78 is 23.7. The van der Waals surface area contributed by atoms with Gasteiger partial charge in [0, 0.05) is 43.0 Å². The summed E-state index contributed by atoms with van der Waals surface area (Å²) in [5, 5.41) is 0. The van der Waals surface area contributed by atoms with Gasteiger partial charge in [-0.1, -0.05) is 18.2 Å². The Morgan fingerprint density at radius 2 is 2.00 bits per heavy atom. The summed E-state index contributed by atoms with van der Waals surface area (Å²) in [4.78, 5) is 28.7. The smallest absolute Gasteiger partial charge is 0.308 e. The number of carbonyl (C=O) groups is 2. The number of carbonyl (C=O) groups excluding carboxylic acids is 2. The van der Waals surface area contributed by atoms with Crippen molar-refractivity contribution in [1.29, 1.82) is 0 Å². The number of amides is 1. The summed E-state index contributed by atoms with van der Waals surface area (Å²) in [5.41, 5.74) is 2.20. The largest absolute Gasteiger partial charge is 0.482 e. The molecule has 3 heterocycles. The second-order valence-electron chi connectivity index (χ2n) is 9.78. The number of piperidine rings is 1. The predicted octanol–water partition coefficient (Wildman–Crippen LogP) is 1.30.